The second-order valence-corrected chi connectivity index (χ2v) is 4.20. The number of hydrogen-bond acceptors (Lipinski definition) is 5. The second kappa shape index (κ2) is 6.43. The predicted octanol–water partition coefficient (Wildman–Crippen LogP) is 2.32. The lowest BCUT2D eigenvalue weighted by molar-refractivity contribution is 0.373. The summed E-state index contributed by atoms with van der Waals surface area (Å²) in [7, 11) is 1.52. The standard InChI is InChI=1S/C15H15N3O2/c1-20-14-9-11(5-6-13(14)19)7-8-17-15-4-2-3-12(10-16)18-15/h2-6,9,19H,7-8H2,1H3,(H,17,18). The molecule has 20 heavy (non-hydrogen) atoms. The number of nitriles is 1. The average Bonchev–Trinajstić information content (AvgIpc) is 2.49. The first-order valence-electron chi connectivity index (χ1n) is 6.20. The molecule has 102 valence electrons. The molecule has 5 nitrogen and oxygen atoms in total. The van der Waals surface area contributed by atoms with Crippen molar-refractivity contribution < 1.29 is 9.84 Å². The molecule has 0 saturated heterocycles. The molecule has 2 aromatic rings. The van der Waals surface area contributed by atoms with Crippen LogP contribution in [0, 0.1) is 11.3 Å². The average molecular weight is 269 g/mol. The molecule has 0 atom stereocenters. The van der Waals surface area contributed by atoms with Gasteiger partial charge >= 0.3 is 0 Å². The van der Waals surface area contributed by atoms with Gasteiger partial charge in [-0.2, -0.15) is 5.26 Å². The van der Waals surface area contributed by atoms with Gasteiger partial charge in [0.15, 0.2) is 11.5 Å². The Hall–Kier alpha value is -2.74. The summed E-state index contributed by atoms with van der Waals surface area (Å²) in [6, 6.07) is 12.5. The Labute approximate surface area is 117 Å². The fourth-order valence-corrected chi connectivity index (χ4v) is 1.81. The summed E-state index contributed by atoms with van der Waals surface area (Å²) in [4.78, 5) is 4.13. The van der Waals surface area contributed by atoms with E-state index in [4.69, 9.17) is 10.00 Å². The molecule has 1 aromatic carbocycles. The Morgan fingerprint density at radius 1 is 1.35 bits per heavy atom. The number of phenols is 1. The van der Waals surface area contributed by atoms with Gasteiger partial charge in [0.1, 0.15) is 17.6 Å². The number of nitrogens with zero attached hydrogens (tertiary/aromatic N) is 2. The van der Waals surface area contributed by atoms with Gasteiger partial charge < -0.3 is 15.2 Å². The Morgan fingerprint density at radius 2 is 2.20 bits per heavy atom. The predicted molar refractivity (Wildman–Crippen MR) is 75.8 cm³/mol. The Bertz CT molecular complexity index is 635. The van der Waals surface area contributed by atoms with Crippen LogP contribution in [0.4, 0.5) is 5.82 Å². The van der Waals surface area contributed by atoms with E-state index in [2.05, 4.69) is 10.3 Å². The molecule has 0 amide bonds. The molecule has 1 aromatic heterocycles. The molecule has 0 aliphatic carbocycles. The Kier molecular flexibility index (Phi) is 4.40. The van der Waals surface area contributed by atoms with E-state index in [1.807, 2.05) is 18.2 Å². The third-order valence-corrected chi connectivity index (χ3v) is 2.83. The largest absolute Gasteiger partial charge is 0.504 e. The van der Waals surface area contributed by atoms with Crippen molar-refractivity contribution in [1.82, 2.24) is 4.98 Å². The van der Waals surface area contributed by atoms with Crippen LogP contribution in [-0.4, -0.2) is 23.7 Å². The molecule has 0 bridgehead atoms. The van der Waals surface area contributed by atoms with Gasteiger partial charge in [-0.15, -0.1) is 0 Å². The fraction of sp³-hybridized carbons (Fsp3) is 0.200. The number of hydrogen-bond donors (Lipinski definition) is 2. The first-order valence-corrected chi connectivity index (χ1v) is 6.20. The van der Waals surface area contributed by atoms with E-state index in [9.17, 15) is 5.11 Å². The van der Waals surface area contributed by atoms with Crippen molar-refractivity contribution in [2.75, 3.05) is 19.0 Å². The highest BCUT2D eigenvalue weighted by atomic mass is 16.5. The van der Waals surface area contributed by atoms with Crippen LogP contribution in [0.15, 0.2) is 36.4 Å². The summed E-state index contributed by atoms with van der Waals surface area (Å²) in [5.74, 6) is 1.27. The highest BCUT2D eigenvalue weighted by molar-refractivity contribution is 5.42. The summed E-state index contributed by atoms with van der Waals surface area (Å²) >= 11 is 0. The van der Waals surface area contributed by atoms with Crippen molar-refractivity contribution in [2.24, 2.45) is 0 Å². The molecule has 0 radical (unpaired) electrons. The number of aromatic nitrogens is 1. The molecular formula is C15H15N3O2. The fourth-order valence-electron chi connectivity index (χ4n) is 1.81. The highest BCUT2D eigenvalue weighted by Gasteiger charge is 2.03. The summed E-state index contributed by atoms with van der Waals surface area (Å²) in [6.45, 7) is 0.676. The SMILES string of the molecule is COc1cc(CCNc2cccc(C#N)n2)ccc1O. The number of ether oxygens (including phenoxy) is 1. The number of nitrogens with one attached hydrogen (secondary N) is 1. The van der Waals surface area contributed by atoms with Gasteiger partial charge in [-0.25, -0.2) is 4.98 Å². The van der Waals surface area contributed by atoms with E-state index in [1.54, 1.807) is 24.3 Å². The third-order valence-electron chi connectivity index (χ3n) is 2.83. The lowest BCUT2D eigenvalue weighted by atomic mass is 10.1. The first kappa shape index (κ1) is 13.7. The van der Waals surface area contributed by atoms with Crippen LogP contribution in [0.1, 0.15) is 11.3 Å². The molecule has 2 rings (SSSR count). The van der Waals surface area contributed by atoms with Gasteiger partial charge in [0.2, 0.25) is 0 Å². The highest BCUT2D eigenvalue weighted by Crippen LogP contribution is 2.26. The van der Waals surface area contributed by atoms with Gasteiger partial charge in [0, 0.05) is 6.54 Å². The molecular weight excluding hydrogens is 254 g/mol. The van der Waals surface area contributed by atoms with Crippen molar-refractivity contribution in [3.05, 3.63) is 47.7 Å². The van der Waals surface area contributed by atoms with E-state index >= 15 is 0 Å². The van der Waals surface area contributed by atoms with Crippen molar-refractivity contribution in [3.8, 4) is 17.6 Å². The minimum Gasteiger partial charge on any atom is -0.504 e. The molecule has 0 aliphatic rings. The van der Waals surface area contributed by atoms with E-state index in [-0.39, 0.29) is 5.75 Å². The van der Waals surface area contributed by atoms with Gasteiger partial charge in [0.25, 0.3) is 0 Å². The van der Waals surface area contributed by atoms with Crippen molar-refractivity contribution in [3.63, 3.8) is 0 Å². The second-order valence-electron chi connectivity index (χ2n) is 4.20. The van der Waals surface area contributed by atoms with Crippen LogP contribution in [0.3, 0.4) is 0 Å². The smallest absolute Gasteiger partial charge is 0.160 e. The maximum absolute atomic E-state index is 9.51. The summed E-state index contributed by atoms with van der Waals surface area (Å²) in [5.41, 5.74) is 1.44. The molecule has 0 fully saturated rings. The Balaban J connectivity index is 1.94. The monoisotopic (exact) mass is 269 g/mol. The maximum Gasteiger partial charge on any atom is 0.160 e. The van der Waals surface area contributed by atoms with Crippen LogP contribution in [0.5, 0.6) is 11.5 Å². The Morgan fingerprint density at radius 3 is 2.95 bits per heavy atom. The van der Waals surface area contributed by atoms with Crippen LogP contribution < -0.4 is 10.1 Å². The molecule has 0 aliphatic heterocycles. The van der Waals surface area contributed by atoms with E-state index in [0.717, 1.165) is 12.0 Å². The first-order chi connectivity index (χ1) is 9.72. The third kappa shape index (κ3) is 3.39. The van der Waals surface area contributed by atoms with Crippen molar-refractivity contribution >= 4 is 5.82 Å². The van der Waals surface area contributed by atoms with Gasteiger partial charge in [-0.1, -0.05) is 12.1 Å². The number of rotatable bonds is 5. The van der Waals surface area contributed by atoms with E-state index in [1.165, 1.54) is 7.11 Å². The number of anilines is 1. The number of phenolic OH excluding ortho intramolecular Hbond substituents is 1. The van der Waals surface area contributed by atoms with Crippen LogP contribution in [0.25, 0.3) is 0 Å². The molecule has 0 saturated carbocycles. The molecule has 1 heterocycles. The minimum absolute atomic E-state index is 0.132. The summed E-state index contributed by atoms with van der Waals surface area (Å²) in [6.07, 6.45) is 0.759. The van der Waals surface area contributed by atoms with E-state index < -0.39 is 0 Å². The zero-order valence-electron chi connectivity index (χ0n) is 11.1. The van der Waals surface area contributed by atoms with Gasteiger partial charge in [0.05, 0.1) is 7.11 Å². The van der Waals surface area contributed by atoms with Gasteiger partial charge in [-0.05, 0) is 36.2 Å². The topological polar surface area (TPSA) is 78.2 Å². The van der Waals surface area contributed by atoms with Crippen LogP contribution in [-0.2, 0) is 6.42 Å². The quantitative estimate of drug-likeness (QED) is 0.871. The van der Waals surface area contributed by atoms with Crippen LogP contribution >= 0.6 is 0 Å². The zero-order chi connectivity index (χ0) is 14.4. The van der Waals surface area contributed by atoms with Crippen LogP contribution in [0.2, 0.25) is 0 Å². The molecule has 2 N–H and O–H groups in total. The maximum atomic E-state index is 9.51. The molecule has 0 unspecified atom stereocenters. The van der Waals surface area contributed by atoms with E-state index in [0.29, 0.717) is 23.8 Å². The zero-order valence-corrected chi connectivity index (χ0v) is 11.1. The van der Waals surface area contributed by atoms with Crippen molar-refractivity contribution in [2.45, 2.75) is 6.42 Å². The lowest BCUT2D eigenvalue weighted by Crippen LogP contribution is -2.06. The summed E-state index contributed by atoms with van der Waals surface area (Å²) in [5, 5.41) is 21.4. The number of benzene rings is 1. The molecule has 0 spiro atoms. The molecule has 5 heteroatoms. The number of pyridine rings is 1. The minimum atomic E-state index is 0.132. The normalized spacial score (nSPS) is 9.80. The number of aromatic hydroxyl groups is 1. The van der Waals surface area contributed by atoms with Gasteiger partial charge in [-0.3, -0.25) is 0 Å². The summed E-state index contributed by atoms with van der Waals surface area (Å²) < 4.78 is 5.06. The number of methoxy groups -OCH3 is 1. The lowest BCUT2D eigenvalue weighted by Gasteiger charge is -2.08. The van der Waals surface area contributed by atoms with Crippen molar-refractivity contribution in [1.29, 1.82) is 5.26 Å².